The van der Waals surface area contributed by atoms with Gasteiger partial charge < -0.3 is 4.15 Å². The van der Waals surface area contributed by atoms with Gasteiger partial charge in [-0.1, -0.05) is 0 Å². The van der Waals surface area contributed by atoms with Crippen molar-refractivity contribution in [3.05, 3.63) is 0 Å². The average Bonchev–Trinajstić information content (AvgIpc) is 1.59. The largest absolute Gasteiger partial charge is 0.395 e. The second-order valence-corrected chi connectivity index (χ2v) is 5.81. The fourth-order valence-corrected chi connectivity index (χ4v) is 1.20. The van der Waals surface area contributed by atoms with Crippen molar-refractivity contribution in [3.8, 4) is 12.3 Å². The molecule has 0 radical (unpaired) electrons. The van der Waals surface area contributed by atoms with Crippen LogP contribution in [0.25, 0.3) is 0 Å². The van der Waals surface area contributed by atoms with Crippen molar-refractivity contribution in [1.29, 1.82) is 0 Å². The molecular weight excluding hydrogens is 114 g/mol. The number of hydrogen-bond acceptors (Lipinski definition) is 0. The summed E-state index contributed by atoms with van der Waals surface area (Å²) in [5.74, 6) is 2.67. The number of quaternary nitrogens is 1. The van der Waals surface area contributed by atoms with Gasteiger partial charge in [0.2, 0.25) is 0 Å². The lowest BCUT2D eigenvalue weighted by atomic mass is 10.8. The van der Waals surface area contributed by atoms with Crippen molar-refractivity contribution in [1.82, 2.24) is 0 Å². The monoisotopic (exact) mass is 128 g/mol. The summed E-state index contributed by atoms with van der Waals surface area (Å²) in [6.45, 7) is 0. The molecule has 0 rings (SSSR count). The Morgan fingerprint density at radius 1 is 1.50 bits per heavy atom. The molecule has 0 aliphatic heterocycles. The molecule has 0 aromatic heterocycles. The van der Waals surface area contributed by atoms with Gasteiger partial charge in [-0.15, -0.1) is 12.3 Å². The van der Waals surface area contributed by atoms with Crippen LogP contribution in [0.3, 0.4) is 0 Å². The summed E-state index contributed by atoms with van der Waals surface area (Å²) in [7, 11) is 6.54. The Bertz CT molecular complexity index is 96.1. The maximum Gasteiger partial charge on any atom is 0.266 e. The van der Waals surface area contributed by atoms with Crippen molar-refractivity contribution < 1.29 is 4.15 Å². The van der Waals surface area contributed by atoms with Crippen LogP contribution in [0.4, 0.5) is 0 Å². The van der Waals surface area contributed by atoms with Crippen LogP contribution in [-0.2, 0) is 0 Å². The lowest BCUT2D eigenvalue weighted by Gasteiger charge is -2.23. The van der Waals surface area contributed by atoms with Crippen LogP contribution in [0.2, 0.25) is 6.04 Å². The number of hydrogen-bond donors (Lipinski definition) is 0. The Balaban J connectivity index is 3.28. The quantitative estimate of drug-likeness (QED) is 0.358. The highest BCUT2D eigenvalue weighted by Gasteiger charge is 2.04. The zero-order valence-electron chi connectivity index (χ0n) is 5.94. The number of terminal acetylenes is 1. The molecular formula is C6H14NSi+. The average molecular weight is 128 g/mol. The van der Waals surface area contributed by atoms with Crippen LogP contribution in [0.15, 0.2) is 0 Å². The molecule has 0 aliphatic rings. The minimum atomic E-state index is -0.0490. The molecule has 0 aliphatic carbocycles. The summed E-state index contributed by atoms with van der Waals surface area (Å²) in [6.07, 6.45) is 5.11. The van der Waals surface area contributed by atoms with Gasteiger partial charge in [0.25, 0.3) is 9.68 Å². The van der Waals surface area contributed by atoms with E-state index in [9.17, 15) is 0 Å². The summed E-state index contributed by atoms with van der Waals surface area (Å²) in [5.41, 5.74) is 0. The zero-order chi connectivity index (χ0) is 6.62. The van der Waals surface area contributed by atoms with Gasteiger partial charge in [-0.25, -0.2) is 0 Å². The van der Waals surface area contributed by atoms with Gasteiger partial charge in [-0.2, -0.15) is 0 Å². The Hall–Kier alpha value is -0.263. The van der Waals surface area contributed by atoms with Gasteiger partial charge in [0.05, 0.1) is 27.2 Å². The third-order valence-electron chi connectivity index (χ3n) is 0.927. The molecule has 0 atom stereocenters. The Kier molecular flexibility index (Phi) is 2.81. The van der Waals surface area contributed by atoms with Crippen molar-refractivity contribution in [3.63, 3.8) is 0 Å². The fourth-order valence-electron chi connectivity index (χ4n) is 0.400. The standard InChI is InChI=1S/C6H14NSi/c1-5-6-8-7(2,3)4/h1H,6,8H2,2-4H3/q+1. The van der Waals surface area contributed by atoms with E-state index in [1.807, 2.05) is 0 Å². The van der Waals surface area contributed by atoms with Gasteiger partial charge in [-0.3, -0.25) is 0 Å². The van der Waals surface area contributed by atoms with Crippen molar-refractivity contribution in [2.45, 2.75) is 6.04 Å². The predicted octanol–water partition coefficient (Wildman–Crippen LogP) is -0.172. The fraction of sp³-hybridized carbons (Fsp3) is 0.667. The van der Waals surface area contributed by atoms with E-state index >= 15 is 0 Å². The first-order valence-corrected chi connectivity index (χ1v) is 4.43. The molecule has 0 N–H and O–H groups in total. The van der Waals surface area contributed by atoms with Crippen LogP contribution in [-0.4, -0.2) is 35.0 Å². The SMILES string of the molecule is C#CC[SiH2][N+](C)(C)C. The topological polar surface area (TPSA) is 0 Å². The minimum Gasteiger partial charge on any atom is -0.395 e. The van der Waals surface area contributed by atoms with Crippen molar-refractivity contribution in [2.24, 2.45) is 0 Å². The lowest BCUT2D eigenvalue weighted by molar-refractivity contribution is -0.755. The van der Waals surface area contributed by atoms with Crippen molar-refractivity contribution in [2.75, 3.05) is 21.1 Å². The second kappa shape index (κ2) is 2.90. The number of nitrogens with zero attached hydrogens (tertiary/aromatic N) is 1. The number of rotatable bonds is 2. The van der Waals surface area contributed by atoms with E-state index in [1.54, 1.807) is 0 Å². The molecule has 2 heteroatoms. The van der Waals surface area contributed by atoms with Gasteiger partial charge in [0.15, 0.2) is 0 Å². The van der Waals surface area contributed by atoms with Gasteiger partial charge in [0, 0.05) is 0 Å². The normalized spacial score (nSPS) is 12.2. The second-order valence-electron chi connectivity index (χ2n) is 2.97. The van der Waals surface area contributed by atoms with E-state index in [-0.39, 0.29) is 9.68 Å². The molecule has 0 fully saturated rings. The molecule has 0 bridgehead atoms. The molecule has 1 nitrogen and oxygen atoms in total. The van der Waals surface area contributed by atoms with E-state index in [4.69, 9.17) is 6.42 Å². The molecule has 46 valence electrons. The third kappa shape index (κ3) is 5.74. The van der Waals surface area contributed by atoms with E-state index in [0.717, 1.165) is 10.2 Å². The van der Waals surface area contributed by atoms with Gasteiger partial charge >= 0.3 is 0 Å². The molecule has 0 saturated heterocycles. The smallest absolute Gasteiger partial charge is 0.266 e. The van der Waals surface area contributed by atoms with E-state index in [1.165, 1.54) is 0 Å². The first kappa shape index (κ1) is 7.74. The van der Waals surface area contributed by atoms with Crippen LogP contribution in [0.1, 0.15) is 0 Å². The maximum atomic E-state index is 5.11. The summed E-state index contributed by atoms with van der Waals surface area (Å²) >= 11 is 0. The maximum absolute atomic E-state index is 5.11. The van der Waals surface area contributed by atoms with Crippen LogP contribution < -0.4 is 0 Å². The lowest BCUT2D eigenvalue weighted by Crippen LogP contribution is -2.37. The first-order chi connectivity index (χ1) is 3.56. The minimum absolute atomic E-state index is 0.0490. The van der Waals surface area contributed by atoms with Crippen LogP contribution in [0.5, 0.6) is 0 Å². The Morgan fingerprint density at radius 3 is 2.12 bits per heavy atom. The Morgan fingerprint density at radius 2 is 2.00 bits per heavy atom. The molecule has 0 heterocycles. The highest BCUT2D eigenvalue weighted by atomic mass is 28.2. The molecule has 0 aromatic carbocycles. The zero-order valence-corrected chi connectivity index (χ0v) is 7.35. The molecule has 0 amide bonds. The summed E-state index contributed by atoms with van der Waals surface area (Å²) < 4.78 is 1.10. The van der Waals surface area contributed by atoms with Crippen molar-refractivity contribution >= 4 is 9.68 Å². The summed E-state index contributed by atoms with van der Waals surface area (Å²) in [4.78, 5) is 0. The Labute approximate surface area is 54.2 Å². The highest BCUT2D eigenvalue weighted by molar-refractivity contribution is 6.27. The molecule has 0 unspecified atom stereocenters. The van der Waals surface area contributed by atoms with E-state index < -0.39 is 0 Å². The molecule has 0 aromatic rings. The summed E-state index contributed by atoms with van der Waals surface area (Å²) in [6, 6.07) is 1.02. The van der Waals surface area contributed by atoms with Crippen LogP contribution in [0, 0.1) is 12.3 Å². The predicted molar refractivity (Wildman–Crippen MR) is 40.2 cm³/mol. The van der Waals surface area contributed by atoms with Gasteiger partial charge in [-0.05, 0) is 0 Å². The molecule has 0 spiro atoms. The van der Waals surface area contributed by atoms with E-state index in [2.05, 4.69) is 27.1 Å². The highest BCUT2D eigenvalue weighted by Crippen LogP contribution is 1.87. The van der Waals surface area contributed by atoms with E-state index in [0.29, 0.717) is 0 Å². The molecule has 0 saturated carbocycles. The third-order valence-corrected chi connectivity index (χ3v) is 2.78. The molecule has 8 heavy (non-hydrogen) atoms. The summed E-state index contributed by atoms with van der Waals surface area (Å²) in [5, 5.41) is 0. The van der Waals surface area contributed by atoms with Crippen LogP contribution >= 0.6 is 0 Å². The first-order valence-electron chi connectivity index (χ1n) is 2.80. The van der Waals surface area contributed by atoms with Gasteiger partial charge in [0.1, 0.15) is 0 Å².